The highest BCUT2D eigenvalue weighted by molar-refractivity contribution is 6.28. The number of hydrogen-bond acceptors (Lipinski definition) is 2. The Labute approximate surface area is 265 Å². The fourth-order valence-corrected chi connectivity index (χ4v) is 7.47. The molecule has 0 radical (unpaired) electrons. The summed E-state index contributed by atoms with van der Waals surface area (Å²) in [5, 5.41) is 12.1. The van der Waals surface area contributed by atoms with Crippen LogP contribution in [0.3, 0.4) is 0 Å². The Morgan fingerprint density at radius 2 is 0.826 bits per heavy atom. The molecule has 46 heavy (non-hydrogen) atoms. The van der Waals surface area contributed by atoms with E-state index >= 15 is 0 Å². The Bertz CT molecular complexity index is 2650. The third-order valence-electron chi connectivity index (χ3n) is 9.61. The van der Waals surface area contributed by atoms with Crippen molar-refractivity contribution in [2.24, 2.45) is 0 Å². The van der Waals surface area contributed by atoms with Gasteiger partial charge in [-0.2, -0.15) is 0 Å². The minimum atomic E-state index is 0.750. The zero-order valence-corrected chi connectivity index (χ0v) is 24.9. The molecule has 0 bridgehead atoms. The summed E-state index contributed by atoms with van der Waals surface area (Å²) in [7, 11) is 0. The fourth-order valence-electron chi connectivity index (χ4n) is 7.47. The van der Waals surface area contributed by atoms with Gasteiger partial charge in [-0.3, -0.25) is 0 Å². The van der Waals surface area contributed by atoms with Crippen LogP contribution in [0.4, 0.5) is 0 Å². The summed E-state index contributed by atoms with van der Waals surface area (Å²) >= 11 is 0. The maximum absolute atomic E-state index is 5.20. The lowest BCUT2D eigenvalue weighted by atomic mass is 9.85. The van der Waals surface area contributed by atoms with E-state index in [-0.39, 0.29) is 0 Å². The Morgan fingerprint density at radius 3 is 1.43 bits per heavy atom. The van der Waals surface area contributed by atoms with Crippen LogP contribution in [0.15, 0.2) is 158 Å². The molecule has 0 amide bonds. The van der Waals surface area contributed by atoms with Crippen LogP contribution >= 0.6 is 0 Å². The van der Waals surface area contributed by atoms with Crippen molar-refractivity contribution in [1.29, 1.82) is 0 Å². The zero-order valence-electron chi connectivity index (χ0n) is 24.9. The van der Waals surface area contributed by atoms with Crippen molar-refractivity contribution in [2.45, 2.75) is 0 Å². The van der Waals surface area contributed by atoms with E-state index < -0.39 is 0 Å². The van der Waals surface area contributed by atoms with Crippen LogP contribution < -0.4 is 0 Å². The third-order valence-corrected chi connectivity index (χ3v) is 9.61. The molecule has 2 nitrogen and oxygen atoms in total. The van der Waals surface area contributed by atoms with Gasteiger partial charge in [-0.15, -0.1) is 0 Å². The summed E-state index contributed by atoms with van der Waals surface area (Å²) in [4.78, 5) is 10.4. The van der Waals surface area contributed by atoms with Gasteiger partial charge in [0.1, 0.15) is 0 Å². The lowest BCUT2D eigenvalue weighted by Gasteiger charge is -2.19. The number of benzene rings is 9. The van der Waals surface area contributed by atoms with Gasteiger partial charge in [0, 0.05) is 16.3 Å². The molecular weight excluding hydrogens is 556 g/mol. The zero-order chi connectivity index (χ0) is 30.2. The first kappa shape index (κ1) is 25.2. The van der Waals surface area contributed by atoms with E-state index in [2.05, 4.69) is 158 Å². The van der Waals surface area contributed by atoms with Gasteiger partial charge in [-0.1, -0.05) is 133 Å². The molecule has 0 unspecified atom stereocenters. The van der Waals surface area contributed by atoms with E-state index in [1.54, 1.807) is 0 Å². The van der Waals surface area contributed by atoms with Crippen molar-refractivity contribution in [2.75, 3.05) is 0 Å². The normalized spacial score (nSPS) is 11.9. The van der Waals surface area contributed by atoms with Gasteiger partial charge >= 0.3 is 0 Å². The Kier molecular flexibility index (Phi) is 5.31. The van der Waals surface area contributed by atoms with E-state index in [1.807, 2.05) is 0 Å². The summed E-state index contributed by atoms with van der Waals surface area (Å²) in [6.07, 6.45) is 0. The maximum Gasteiger partial charge on any atom is 0.160 e. The highest BCUT2D eigenvalue weighted by Gasteiger charge is 2.20. The highest BCUT2D eigenvalue weighted by Crippen LogP contribution is 2.46. The van der Waals surface area contributed by atoms with Crippen molar-refractivity contribution in [3.8, 4) is 33.6 Å². The highest BCUT2D eigenvalue weighted by atomic mass is 14.9. The Balaban J connectivity index is 1.32. The number of aromatic nitrogens is 2. The average molecular weight is 583 g/mol. The predicted octanol–water partition coefficient (Wildman–Crippen LogP) is 11.8. The largest absolute Gasteiger partial charge is 0.228 e. The standard InChI is InChI=1S/C44H26N2/c1-2-12-30-25-31(20-19-27(30)9-1)44-45-40-23-21-36-38(34-17-7-13-28-10-3-5-15-32(28)34)26-39(37-22-24-41(46-44)43(40)42(36)37)35-18-8-14-29-11-4-6-16-33(29)35/h1-26H. The maximum atomic E-state index is 5.20. The van der Waals surface area contributed by atoms with Gasteiger partial charge in [0.05, 0.1) is 11.0 Å². The second-order valence-electron chi connectivity index (χ2n) is 12.1. The average Bonchev–Trinajstić information content (AvgIpc) is 3.13. The van der Waals surface area contributed by atoms with Gasteiger partial charge < -0.3 is 0 Å². The van der Waals surface area contributed by atoms with Gasteiger partial charge in [0.25, 0.3) is 0 Å². The van der Waals surface area contributed by atoms with E-state index in [0.29, 0.717) is 0 Å². The predicted molar refractivity (Wildman–Crippen MR) is 195 cm³/mol. The van der Waals surface area contributed by atoms with Gasteiger partial charge in [-0.25, -0.2) is 9.97 Å². The van der Waals surface area contributed by atoms with Crippen molar-refractivity contribution >= 4 is 64.9 Å². The molecular formula is C44H26N2. The van der Waals surface area contributed by atoms with E-state index in [9.17, 15) is 0 Å². The van der Waals surface area contributed by atoms with Gasteiger partial charge in [0.15, 0.2) is 5.82 Å². The van der Waals surface area contributed by atoms with Crippen LogP contribution in [-0.4, -0.2) is 9.97 Å². The third kappa shape index (κ3) is 3.71. The Hall–Kier alpha value is -6.12. The molecule has 0 saturated heterocycles. The van der Waals surface area contributed by atoms with Crippen molar-refractivity contribution in [1.82, 2.24) is 9.97 Å². The summed E-state index contributed by atoms with van der Waals surface area (Å²) in [6, 6.07) is 56.9. The molecule has 0 fully saturated rings. The van der Waals surface area contributed by atoms with Crippen LogP contribution in [0.25, 0.3) is 98.5 Å². The van der Waals surface area contributed by atoms with Crippen LogP contribution in [0.1, 0.15) is 0 Å². The van der Waals surface area contributed by atoms with Gasteiger partial charge in [0.2, 0.25) is 0 Å². The molecule has 1 heterocycles. The Morgan fingerprint density at radius 1 is 0.304 bits per heavy atom. The summed E-state index contributed by atoms with van der Waals surface area (Å²) in [5.41, 5.74) is 7.86. The monoisotopic (exact) mass is 582 g/mol. The first-order valence-corrected chi connectivity index (χ1v) is 15.8. The van der Waals surface area contributed by atoms with Crippen LogP contribution in [0.5, 0.6) is 0 Å². The van der Waals surface area contributed by atoms with Crippen molar-refractivity contribution < 1.29 is 0 Å². The number of rotatable bonds is 3. The minimum Gasteiger partial charge on any atom is -0.228 e. The minimum absolute atomic E-state index is 0.750. The molecule has 9 aromatic carbocycles. The summed E-state index contributed by atoms with van der Waals surface area (Å²) < 4.78 is 0. The molecule has 10 aromatic rings. The van der Waals surface area contributed by atoms with E-state index in [0.717, 1.165) is 27.8 Å². The second-order valence-corrected chi connectivity index (χ2v) is 12.1. The molecule has 0 saturated carbocycles. The molecule has 0 spiro atoms. The number of nitrogens with zero attached hydrogens (tertiary/aromatic N) is 2. The molecule has 0 aliphatic carbocycles. The first-order chi connectivity index (χ1) is 22.8. The smallest absolute Gasteiger partial charge is 0.160 e. The van der Waals surface area contributed by atoms with Crippen molar-refractivity contribution in [3.63, 3.8) is 0 Å². The molecule has 10 rings (SSSR count). The van der Waals surface area contributed by atoms with Crippen molar-refractivity contribution in [3.05, 3.63) is 158 Å². The molecule has 212 valence electrons. The summed E-state index contributed by atoms with van der Waals surface area (Å²) in [6.45, 7) is 0. The number of fused-ring (bicyclic) bond motifs is 3. The second kappa shape index (κ2) is 9.69. The van der Waals surface area contributed by atoms with Gasteiger partial charge in [-0.05, 0) is 89.6 Å². The van der Waals surface area contributed by atoms with Crippen LogP contribution in [0, 0.1) is 0 Å². The molecule has 1 aromatic heterocycles. The van der Waals surface area contributed by atoms with Crippen LogP contribution in [-0.2, 0) is 0 Å². The SMILES string of the molecule is c1ccc2cc(-c3nc4ccc5c(-c6cccc7ccccc67)cc(-c6cccc7ccccc67)c6ccc(n3)c4c56)ccc2c1. The van der Waals surface area contributed by atoms with Crippen LogP contribution in [0.2, 0.25) is 0 Å². The quantitative estimate of drug-likeness (QED) is 0.194. The molecule has 0 atom stereocenters. The molecule has 0 N–H and O–H groups in total. The molecule has 0 aliphatic heterocycles. The summed E-state index contributed by atoms with van der Waals surface area (Å²) in [5.74, 6) is 0.750. The number of hydrogen-bond donors (Lipinski definition) is 0. The fraction of sp³-hybridized carbons (Fsp3) is 0. The lowest BCUT2D eigenvalue weighted by molar-refractivity contribution is 1.27. The van der Waals surface area contributed by atoms with E-state index in [4.69, 9.17) is 9.97 Å². The first-order valence-electron chi connectivity index (χ1n) is 15.8. The topological polar surface area (TPSA) is 25.8 Å². The van der Waals surface area contributed by atoms with E-state index in [1.165, 1.54) is 70.7 Å². The lowest BCUT2D eigenvalue weighted by Crippen LogP contribution is -1.96. The molecule has 0 aliphatic rings. The molecule has 2 heteroatoms.